The molecular formula is C31H22BrN3O4. The summed E-state index contributed by atoms with van der Waals surface area (Å²) in [5.41, 5.74) is 2.61. The Morgan fingerprint density at radius 3 is 1.97 bits per heavy atom. The molecular weight excluding hydrogens is 558 g/mol. The van der Waals surface area contributed by atoms with Gasteiger partial charge in [-0.2, -0.15) is 0 Å². The number of benzene rings is 4. The van der Waals surface area contributed by atoms with Gasteiger partial charge >= 0.3 is 5.97 Å². The fraction of sp³-hybridized carbons (Fsp3) is 0. The molecule has 4 aromatic carbocycles. The van der Waals surface area contributed by atoms with Gasteiger partial charge in [-0.05, 0) is 70.5 Å². The number of pyridine rings is 1. The molecule has 0 atom stereocenters. The quantitative estimate of drug-likeness (QED) is 0.206. The smallest absolute Gasteiger partial charge is 0.339 e. The maximum absolute atomic E-state index is 10.9. The lowest BCUT2D eigenvalue weighted by Crippen LogP contribution is -1.99. The van der Waals surface area contributed by atoms with Crippen LogP contribution in [0.3, 0.4) is 0 Å². The summed E-state index contributed by atoms with van der Waals surface area (Å²) in [6.45, 7) is 0. The molecule has 2 aromatic heterocycles. The highest BCUT2D eigenvalue weighted by molar-refractivity contribution is 9.10. The molecule has 8 heteroatoms. The molecule has 0 bridgehead atoms. The number of aromatic amines is 1. The van der Waals surface area contributed by atoms with Crippen LogP contribution in [0.2, 0.25) is 0 Å². The van der Waals surface area contributed by atoms with E-state index in [4.69, 9.17) is 14.6 Å². The molecule has 6 aromatic rings. The summed E-state index contributed by atoms with van der Waals surface area (Å²) in [5.74, 6) is 2.25. The van der Waals surface area contributed by atoms with Crippen molar-refractivity contribution in [3.63, 3.8) is 0 Å². The van der Waals surface area contributed by atoms with E-state index in [0.717, 1.165) is 32.9 Å². The van der Waals surface area contributed by atoms with Gasteiger partial charge in [0.15, 0.2) is 5.65 Å². The highest BCUT2D eigenvalue weighted by Gasteiger charge is 2.12. The first-order valence-electron chi connectivity index (χ1n) is 12.0. The molecule has 0 aliphatic carbocycles. The third-order valence-electron chi connectivity index (χ3n) is 5.51. The Morgan fingerprint density at radius 1 is 0.744 bits per heavy atom. The van der Waals surface area contributed by atoms with Crippen LogP contribution in [0.15, 0.2) is 126 Å². The number of ether oxygens (including phenoxy) is 2. The van der Waals surface area contributed by atoms with E-state index in [0.29, 0.717) is 17.1 Å². The fourth-order valence-corrected chi connectivity index (χ4v) is 4.05. The molecule has 0 aliphatic heterocycles. The second-order valence-electron chi connectivity index (χ2n) is 8.24. The van der Waals surface area contributed by atoms with Crippen LogP contribution in [0.4, 0.5) is 0 Å². The molecule has 0 amide bonds. The number of aromatic carboxylic acids is 1. The van der Waals surface area contributed by atoms with Gasteiger partial charge in [0.05, 0.1) is 11.1 Å². The van der Waals surface area contributed by atoms with Gasteiger partial charge in [0.25, 0.3) is 0 Å². The maximum atomic E-state index is 10.9. The number of hydrogen-bond acceptors (Lipinski definition) is 5. The number of rotatable bonds is 6. The first-order valence-corrected chi connectivity index (χ1v) is 12.7. The molecule has 0 fully saturated rings. The summed E-state index contributed by atoms with van der Waals surface area (Å²) in [7, 11) is 0. The Kier molecular flexibility index (Phi) is 7.95. The first kappa shape index (κ1) is 25.7. The first-order chi connectivity index (χ1) is 19.1. The van der Waals surface area contributed by atoms with Crippen molar-refractivity contribution in [1.82, 2.24) is 15.0 Å². The topological polar surface area (TPSA) is 97.3 Å². The van der Waals surface area contributed by atoms with Gasteiger partial charge in [0.2, 0.25) is 0 Å². The number of carboxylic acid groups (broad SMARTS) is 1. The van der Waals surface area contributed by atoms with Crippen molar-refractivity contribution in [3.8, 4) is 34.4 Å². The largest absolute Gasteiger partial charge is 0.478 e. The predicted octanol–water partition coefficient (Wildman–Crippen LogP) is 8.36. The van der Waals surface area contributed by atoms with E-state index in [2.05, 4.69) is 30.9 Å². The minimum Gasteiger partial charge on any atom is -0.478 e. The van der Waals surface area contributed by atoms with E-state index in [-0.39, 0.29) is 5.56 Å². The van der Waals surface area contributed by atoms with E-state index in [1.54, 1.807) is 36.5 Å². The fourth-order valence-electron chi connectivity index (χ4n) is 3.72. The van der Waals surface area contributed by atoms with Crippen molar-refractivity contribution in [2.75, 3.05) is 0 Å². The number of nitrogens with one attached hydrogen (secondary N) is 1. The van der Waals surface area contributed by atoms with Gasteiger partial charge in [-0.15, -0.1) is 0 Å². The van der Waals surface area contributed by atoms with Crippen molar-refractivity contribution in [1.29, 1.82) is 0 Å². The Bertz CT molecular complexity index is 1710. The summed E-state index contributed by atoms with van der Waals surface area (Å²) in [6, 6.07) is 35.1. The van der Waals surface area contributed by atoms with E-state index in [1.807, 2.05) is 78.9 Å². The molecule has 192 valence electrons. The second-order valence-corrected chi connectivity index (χ2v) is 9.15. The number of para-hydroxylation sites is 4. The third kappa shape index (κ3) is 6.49. The number of fused-ring (bicyclic) bond motifs is 1. The number of H-pyrrole nitrogens is 1. The molecule has 39 heavy (non-hydrogen) atoms. The lowest BCUT2D eigenvalue weighted by atomic mass is 10.2. The molecule has 2 N–H and O–H groups in total. The van der Waals surface area contributed by atoms with Crippen LogP contribution in [-0.2, 0) is 0 Å². The molecule has 2 heterocycles. The Morgan fingerprint density at radius 2 is 1.31 bits per heavy atom. The SMILES string of the molecule is Brc1cnc2nc(-c3ccccc3Oc3ccccc3)[nH]c2c1.O=C(O)c1ccccc1Oc1ccccc1. The molecule has 0 aliphatic rings. The summed E-state index contributed by atoms with van der Waals surface area (Å²) in [5, 5.41) is 8.96. The summed E-state index contributed by atoms with van der Waals surface area (Å²) >= 11 is 3.42. The van der Waals surface area contributed by atoms with Crippen LogP contribution in [0.1, 0.15) is 10.4 Å². The van der Waals surface area contributed by atoms with Crippen molar-refractivity contribution in [3.05, 3.63) is 131 Å². The van der Waals surface area contributed by atoms with Gasteiger partial charge in [-0.25, -0.2) is 14.8 Å². The Balaban J connectivity index is 0.000000169. The molecule has 6 rings (SSSR count). The normalized spacial score (nSPS) is 10.4. The lowest BCUT2D eigenvalue weighted by Gasteiger charge is -2.09. The number of halogens is 1. The van der Waals surface area contributed by atoms with Gasteiger partial charge in [0.1, 0.15) is 34.4 Å². The van der Waals surface area contributed by atoms with E-state index in [9.17, 15) is 4.79 Å². The van der Waals surface area contributed by atoms with Crippen LogP contribution in [0.25, 0.3) is 22.6 Å². The Labute approximate surface area is 232 Å². The zero-order chi connectivity index (χ0) is 27.0. The zero-order valence-corrected chi connectivity index (χ0v) is 22.1. The highest BCUT2D eigenvalue weighted by Crippen LogP contribution is 2.32. The number of imidazole rings is 1. The number of nitrogens with zero attached hydrogens (tertiary/aromatic N) is 2. The molecule has 0 unspecified atom stereocenters. The highest BCUT2D eigenvalue weighted by atomic mass is 79.9. The predicted molar refractivity (Wildman–Crippen MR) is 153 cm³/mol. The maximum Gasteiger partial charge on any atom is 0.339 e. The second kappa shape index (κ2) is 12.1. The average Bonchev–Trinajstić information content (AvgIpc) is 3.38. The van der Waals surface area contributed by atoms with Crippen LogP contribution in [-0.4, -0.2) is 26.0 Å². The van der Waals surface area contributed by atoms with E-state index in [1.165, 1.54) is 6.07 Å². The standard InChI is InChI=1S/C18H12BrN3O.C13H10O3/c19-12-10-15-18(20-11-12)22-17(21-15)14-8-4-5-9-16(14)23-13-6-2-1-3-7-13;14-13(15)11-8-4-5-9-12(11)16-10-6-2-1-3-7-10/h1-11H,(H,20,21,22);1-9H,(H,14,15). The van der Waals surface area contributed by atoms with Crippen LogP contribution < -0.4 is 9.47 Å². The molecule has 0 saturated carbocycles. The van der Waals surface area contributed by atoms with Crippen molar-refractivity contribution < 1.29 is 19.4 Å². The van der Waals surface area contributed by atoms with Gasteiger partial charge in [-0.3, -0.25) is 0 Å². The monoisotopic (exact) mass is 579 g/mol. The minimum absolute atomic E-state index is 0.159. The molecule has 0 saturated heterocycles. The molecule has 7 nitrogen and oxygen atoms in total. The van der Waals surface area contributed by atoms with Gasteiger partial charge in [0, 0.05) is 10.7 Å². The van der Waals surface area contributed by atoms with Crippen LogP contribution in [0.5, 0.6) is 23.0 Å². The molecule has 0 spiro atoms. The van der Waals surface area contributed by atoms with Crippen LogP contribution in [0, 0.1) is 0 Å². The van der Waals surface area contributed by atoms with Crippen LogP contribution >= 0.6 is 15.9 Å². The number of hydrogen-bond donors (Lipinski definition) is 2. The average molecular weight is 580 g/mol. The summed E-state index contributed by atoms with van der Waals surface area (Å²) in [6.07, 6.45) is 1.74. The number of carboxylic acids is 1. The third-order valence-corrected chi connectivity index (χ3v) is 5.94. The number of carbonyl (C=O) groups is 1. The van der Waals surface area contributed by atoms with Crippen molar-refractivity contribution in [2.45, 2.75) is 0 Å². The molecule has 0 radical (unpaired) electrons. The van der Waals surface area contributed by atoms with Gasteiger partial charge in [-0.1, -0.05) is 60.7 Å². The Hall–Kier alpha value is -4.95. The van der Waals surface area contributed by atoms with Gasteiger partial charge < -0.3 is 19.6 Å². The van der Waals surface area contributed by atoms with Crippen molar-refractivity contribution in [2.24, 2.45) is 0 Å². The number of aromatic nitrogens is 3. The van der Waals surface area contributed by atoms with Crippen molar-refractivity contribution >= 4 is 33.1 Å². The lowest BCUT2D eigenvalue weighted by molar-refractivity contribution is 0.0694. The zero-order valence-electron chi connectivity index (χ0n) is 20.5. The summed E-state index contributed by atoms with van der Waals surface area (Å²) in [4.78, 5) is 23.1. The minimum atomic E-state index is -0.994. The van der Waals surface area contributed by atoms with E-state index < -0.39 is 5.97 Å². The summed E-state index contributed by atoms with van der Waals surface area (Å²) < 4.78 is 12.4. The van der Waals surface area contributed by atoms with E-state index >= 15 is 0 Å².